The number of aryl methyl sites for hydroxylation is 5. The van der Waals surface area contributed by atoms with Crippen LogP contribution in [0, 0.1) is 40.5 Å². The van der Waals surface area contributed by atoms with Gasteiger partial charge in [-0.15, -0.1) is 0 Å². The summed E-state index contributed by atoms with van der Waals surface area (Å²) >= 11 is 0. The zero-order valence-electron chi connectivity index (χ0n) is 18.0. The van der Waals surface area contributed by atoms with Gasteiger partial charge in [0.05, 0.1) is 5.92 Å². The van der Waals surface area contributed by atoms with Crippen LogP contribution in [0.15, 0.2) is 60.7 Å². The molecule has 29 heavy (non-hydrogen) atoms. The van der Waals surface area contributed by atoms with Gasteiger partial charge in [-0.05, 0) is 63.3 Å². The molecule has 3 aromatic carbocycles. The molecule has 4 rings (SSSR count). The minimum absolute atomic E-state index is 0.0620. The van der Waals surface area contributed by atoms with E-state index in [1.807, 2.05) is 0 Å². The Morgan fingerprint density at radius 3 is 1.66 bits per heavy atom. The first-order valence-electron chi connectivity index (χ1n) is 10.3. The molecule has 1 amide bonds. The molecule has 1 aliphatic carbocycles. The summed E-state index contributed by atoms with van der Waals surface area (Å²) in [6, 6.07) is 21.6. The second-order valence-electron chi connectivity index (χ2n) is 8.72. The smallest absolute Gasteiger partial charge is 0.228 e. The Hall–Kier alpha value is -2.87. The summed E-state index contributed by atoms with van der Waals surface area (Å²) in [5.74, 6) is 0.0502. The van der Waals surface area contributed by atoms with Crippen molar-refractivity contribution in [1.82, 2.24) is 0 Å². The van der Waals surface area contributed by atoms with Gasteiger partial charge < -0.3 is 5.32 Å². The van der Waals surface area contributed by atoms with E-state index in [9.17, 15) is 4.79 Å². The van der Waals surface area contributed by atoms with Gasteiger partial charge in [0.1, 0.15) is 0 Å². The van der Waals surface area contributed by atoms with Crippen LogP contribution in [0.5, 0.6) is 0 Å². The lowest BCUT2D eigenvalue weighted by Crippen LogP contribution is -2.23. The molecular formula is C27H29NO. The second-order valence-corrected chi connectivity index (χ2v) is 8.72. The van der Waals surface area contributed by atoms with Crippen molar-refractivity contribution >= 4 is 11.6 Å². The Labute approximate surface area is 174 Å². The molecule has 1 fully saturated rings. The Kier molecular flexibility index (Phi) is 4.82. The Morgan fingerprint density at radius 1 is 0.759 bits per heavy atom. The topological polar surface area (TPSA) is 29.1 Å². The zero-order valence-corrected chi connectivity index (χ0v) is 18.0. The van der Waals surface area contributed by atoms with E-state index in [1.165, 1.54) is 27.8 Å². The summed E-state index contributed by atoms with van der Waals surface area (Å²) in [7, 11) is 0. The summed E-state index contributed by atoms with van der Waals surface area (Å²) in [6.07, 6.45) is 0.842. The van der Waals surface area contributed by atoms with Crippen LogP contribution in [0.25, 0.3) is 0 Å². The molecule has 0 spiro atoms. The van der Waals surface area contributed by atoms with E-state index >= 15 is 0 Å². The van der Waals surface area contributed by atoms with Crippen molar-refractivity contribution in [1.29, 1.82) is 0 Å². The lowest BCUT2D eigenvalue weighted by molar-refractivity contribution is -0.117. The van der Waals surface area contributed by atoms with Crippen LogP contribution in [0.3, 0.4) is 0 Å². The molecule has 0 bridgehead atoms. The Bertz CT molecular complexity index is 992. The molecule has 1 N–H and O–H groups in total. The summed E-state index contributed by atoms with van der Waals surface area (Å²) in [4.78, 5) is 13.3. The van der Waals surface area contributed by atoms with E-state index in [0.717, 1.165) is 23.2 Å². The van der Waals surface area contributed by atoms with Gasteiger partial charge in [0.15, 0.2) is 0 Å². The number of carbonyl (C=O) groups is 1. The number of hydrogen-bond acceptors (Lipinski definition) is 1. The molecule has 0 saturated heterocycles. The molecule has 2 heteroatoms. The highest BCUT2D eigenvalue weighted by Crippen LogP contribution is 2.59. The van der Waals surface area contributed by atoms with Crippen molar-refractivity contribution in [2.75, 3.05) is 5.32 Å². The first kappa shape index (κ1) is 19.4. The highest BCUT2D eigenvalue weighted by Gasteiger charge is 2.60. The van der Waals surface area contributed by atoms with Gasteiger partial charge in [0, 0.05) is 11.1 Å². The van der Waals surface area contributed by atoms with Crippen molar-refractivity contribution in [3.05, 3.63) is 99.6 Å². The number of carbonyl (C=O) groups excluding carboxylic acids is 1. The van der Waals surface area contributed by atoms with Crippen LogP contribution < -0.4 is 5.32 Å². The minimum atomic E-state index is -0.238. The summed E-state index contributed by atoms with van der Waals surface area (Å²) < 4.78 is 0. The first-order chi connectivity index (χ1) is 13.8. The van der Waals surface area contributed by atoms with E-state index in [4.69, 9.17) is 0 Å². The molecule has 0 heterocycles. The number of nitrogens with one attached hydrogen (secondary N) is 1. The molecule has 1 saturated carbocycles. The van der Waals surface area contributed by atoms with Gasteiger partial charge in [-0.1, -0.05) is 77.4 Å². The SMILES string of the molecule is Cc1ccc(C2(c3ccc(C)cc3)CC2C(=O)Nc2c(C)cc(C)cc2C)cc1. The quantitative estimate of drug-likeness (QED) is 0.573. The largest absolute Gasteiger partial charge is 0.325 e. The van der Waals surface area contributed by atoms with E-state index in [0.29, 0.717) is 0 Å². The van der Waals surface area contributed by atoms with Crippen molar-refractivity contribution in [3.63, 3.8) is 0 Å². The van der Waals surface area contributed by atoms with Crippen molar-refractivity contribution in [2.24, 2.45) is 5.92 Å². The van der Waals surface area contributed by atoms with Crippen molar-refractivity contribution in [3.8, 4) is 0 Å². The van der Waals surface area contributed by atoms with Gasteiger partial charge in [-0.2, -0.15) is 0 Å². The van der Waals surface area contributed by atoms with Crippen LogP contribution in [0.2, 0.25) is 0 Å². The molecular weight excluding hydrogens is 354 g/mol. The van der Waals surface area contributed by atoms with E-state index in [-0.39, 0.29) is 17.2 Å². The maximum absolute atomic E-state index is 13.3. The lowest BCUT2D eigenvalue weighted by atomic mass is 9.84. The van der Waals surface area contributed by atoms with Gasteiger partial charge in [-0.3, -0.25) is 4.79 Å². The number of anilines is 1. The van der Waals surface area contributed by atoms with Crippen molar-refractivity contribution in [2.45, 2.75) is 46.5 Å². The normalized spacial score (nSPS) is 17.1. The third-order valence-corrected chi connectivity index (χ3v) is 6.34. The summed E-state index contributed by atoms with van der Waals surface area (Å²) in [6.45, 7) is 10.4. The predicted octanol–water partition coefficient (Wildman–Crippen LogP) is 6.17. The first-order valence-corrected chi connectivity index (χ1v) is 10.3. The highest BCUT2D eigenvalue weighted by atomic mass is 16.2. The van der Waals surface area contributed by atoms with E-state index in [1.54, 1.807) is 0 Å². The number of rotatable bonds is 4. The molecule has 3 aromatic rings. The van der Waals surface area contributed by atoms with Crippen LogP contribution >= 0.6 is 0 Å². The van der Waals surface area contributed by atoms with E-state index in [2.05, 4.69) is 101 Å². The number of benzene rings is 3. The van der Waals surface area contributed by atoms with Crippen LogP contribution in [0.4, 0.5) is 5.69 Å². The molecule has 1 unspecified atom stereocenters. The number of hydrogen-bond donors (Lipinski definition) is 1. The average molecular weight is 384 g/mol. The van der Waals surface area contributed by atoms with E-state index < -0.39 is 0 Å². The van der Waals surface area contributed by atoms with Gasteiger partial charge in [-0.25, -0.2) is 0 Å². The highest BCUT2D eigenvalue weighted by molar-refractivity contribution is 5.98. The molecule has 1 atom stereocenters. The molecule has 0 radical (unpaired) electrons. The van der Waals surface area contributed by atoms with Crippen LogP contribution in [-0.2, 0) is 10.2 Å². The predicted molar refractivity (Wildman–Crippen MR) is 121 cm³/mol. The number of amides is 1. The molecule has 0 aromatic heterocycles. The lowest BCUT2D eigenvalue weighted by Gasteiger charge is -2.20. The maximum atomic E-state index is 13.3. The third kappa shape index (κ3) is 3.48. The zero-order chi connectivity index (χ0) is 20.8. The maximum Gasteiger partial charge on any atom is 0.228 e. The van der Waals surface area contributed by atoms with Crippen LogP contribution in [0.1, 0.15) is 45.4 Å². The van der Waals surface area contributed by atoms with Gasteiger partial charge in [0.25, 0.3) is 0 Å². The standard InChI is InChI=1S/C27H29NO/c1-17-6-10-22(11-7-17)27(23-12-8-18(2)9-13-23)16-24(27)26(29)28-25-20(4)14-19(3)15-21(25)5/h6-15,24H,16H2,1-5H3,(H,28,29). The summed E-state index contributed by atoms with van der Waals surface area (Å²) in [5, 5.41) is 3.25. The molecule has 1 aliphatic rings. The van der Waals surface area contributed by atoms with Crippen molar-refractivity contribution < 1.29 is 4.79 Å². The second kappa shape index (κ2) is 7.18. The average Bonchev–Trinajstić information content (AvgIpc) is 3.42. The third-order valence-electron chi connectivity index (χ3n) is 6.34. The molecule has 148 valence electrons. The fraction of sp³-hybridized carbons (Fsp3) is 0.296. The Morgan fingerprint density at radius 2 is 1.21 bits per heavy atom. The molecule has 2 nitrogen and oxygen atoms in total. The molecule has 0 aliphatic heterocycles. The Balaban J connectivity index is 1.69. The fourth-order valence-electron chi connectivity index (χ4n) is 4.67. The minimum Gasteiger partial charge on any atom is -0.325 e. The monoisotopic (exact) mass is 383 g/mol. The van der Waals surface area contributed by atoms with Crippen LogP contribution in [-0.4, -0.2) is 5.91 Å². The fourth-order valence-corrected chi connectivity index (χ4v) is 4.67. The summed E-state index contributed by atoms with van der Waals surface area (Å²) in [5.41, 5.74) is 9.10. The van der Waals surface area contributed by atoms with Gasteiger partial charge >= 0.3 is 0 Å². The van der Waals surface area contributed by atoms with Gasteiger partial charge in [0.2, 0.25) is 5.91 Å².